The highest BCUT2D eigenvalue weighted by Gasteiger charge is 2.25. The van der Waals surface area contributed by atoms with Crippen molar-refractivity contribution in [2.75, 3.05) is 11.4 Å². The monoisotopic (exact) mass is 416 g/mol. The average molecular weight is 417 g/mol. The summed E-state index contributed by atoms with van der Waals surface area (Å²) in [6.07, 6.45) is 9.46. The first-order valence-corrected chi connectivity index (χ1v) is 9.84. The molecule has 0 amide bonds. The number of imidazole rings is 1. The fourth-order valence-corrected chi connectivity index (χ4v) is 4.23. The minimum Gasteiger partial charge on any atom is -0.325 e. The van der Waals surface area contributed by atoms with Gasteiger partial charge in [0.15, 0.2) is 5.65 Å². The van der Waals surface area contributed by atoms with Gasteiger partial charge in [-0.2, -0.15) is 0 Å². The molecule has 0 bridgehead atoms. The van der Waals surface area contributed by atoms with Crippen molar-refractivity contribution in [1.29, 1.82) is 0 Å². The van der Waals surface area contributed by atoms with Gasteiger partial charge >= 0.3 is 0 Å². The van der Waals surface area contributed by atoms with Crippen LogP contribution in [0.15, 0.2) is 61.4 Å². The van der Waals surface area contributed by atoms with Crippen LogP contribution in [0.4, 0.5) is 15.9 Å². The van der Waals surface area contributed by atoms with Gasteiger partial charge in [0.1, 0.15) is 18.0 Å². The molecule has 5 aromatic rings. The molecule has 1 aliphatic rings. The number of benzene rings is 2. The van der Waals surface area contributed by atoms with Gasteiger partial charge in [-0.25, -0.2) is 19.3 Å². The molecule has 4 heterocycles. The molecule has 8 heteroatoms. The number of fused-ring (bicyclic) bond motifs is 3. The lowest BCUT2D eigenvalue weighted by atomic mass is 10.1. The summed E-state index contributed by atoms with van der Waals surface area (Å²) in [5, 5.41) is 1.02. The number of halogens is 2. The van der Waals surface area contributed by atoms with Crippen molar-refractivity contribution >= 4 is 39.7 Å². The van der Waals surface area contributed by atoms with E-state index in [9.17, 15) is 4.39 Å². The normalized spacial score (nSPS) is 13.3. The standard InChI is InChI=1S/C22H14ClFN6/c23-16-9-19-14(8-17(16)24)3-5-30(19)22-15-7-13(1-2-18(15)27-12-28-22)20-10-26-21-11-25-4-6-29(20)21/h1-2,4,6-12H,3,5H2. The lowest BCUT2D eigenvalue weighted by Crippen LogP contribution is -2.15. The first-order valence-electron chi connectivity index (χ1n) is 9.47. The smallest absolute Gasteiger partial charge is 0.155 e. The molecule has 0 spiro atoms. The Bertz CT molecular complexity index is 1450. The van der Waals surface area contributed by atoms with Gasteiger partial charge in [0, 0.05) is 35.6 Å². The quantitative estimate of drug-likeness (QED) is 0.412. The van der Waals surface area contributed by atoms with E-state index >= 15 is 0 Å². The van der Waals surface area contributed by atoms with Gasteiger partial charge in [-0.3, -0.25) is 9.38 Å². The Labute approximate surface area is 175 Å². The summed E-state index contributed by atoms with van der Waals surface area (Å²) in [4.78, 5) is 19.6. The van der Waals surface area contributed by atoms with Crippen LogP contribution >= 0.6 is 11.6 Å². The lowest BCUT2D eigenvalue weighted by molar-refractivity contribution is 0.627. The minimum atomic E-state index is -0.394. The van der Waals surface area contributed by atoms with Crippen LogP contribution in [0.3, 0.4) is 0 Å². The molecule has 0 radical (unpaired) electrons. The Morgan fingerprint density at radius 3 is 2.90 bits per heavy atom. The molecule has 6 nitrogen and oxygen atoms in total. The molecular formula is C22H14ClFN6. The Kier molecular flexibility index (Phi) is 3.73. The molecule has 0 atom stereocenters. The number of nitrogens with zero attached hydrogens (tertiary/aromatic N) is 6. The van der Waals surface area contributed by atoms with Crippen molar-refractivity contribution in [3.63, 3.8) is 0 Å². The Hall–Kier alpha value is -3.58. The van der Waals surface area contributed by atoms with Crippen molar-refractivity contribution in [3.8, 4) is 11.3 Å². The summed E-state index contributed by atoms with van der Waals surface area (Å²) >= 11 is 6.06. The van der Waals surface area contributed by atoms with Gasteiger partial charge in [0.25, 0.3) is 0 Å². The molecule has 1 aliphatic heterocycles. The number of hydrogen-bond donors (Lipinski definition) is 0. The highest BCUT2D eigenvalue weighted by atomic mass is 35.5. The molecule has 0 saturated heterocycles. The topological polar surface area (TPSA) is 59.2 Å². The van der Waals surface area contributed by atoms with E-state index in [1.54, 1.807) is 24.8 Å². The zero-order valence-corrected chi connectivity index (χ0v) is 16.4. The molecule has 146 valence electrons. The van der Waals surface area contributed by atoms with E-state index in [-0.39, 0.29) is 5.02 Å². The Morgan fingerprint density at radius 1 is 1.03 bits per heavy atom. The number of anilines is 2. The van der Waals surface area contributed by atoms with Gasteiger partial charge < -0.3 is 4.90 Å². The Morgan fingerprint density at radius 2 is 1.97 bits per heavy atom. The molecule has 0 unspecified atom stereocenters. The van der Waals surface area contributed by atoms with E-state index in [0.29, 0.717) is 6.54 Å². The van der Waals surface area contributed by atoms with Crippen LogP contribution in [-0.2, 0) is 6.42 Å². The summed E-state index contributed by atoms with van der Waals surface area (Å²) in [5.74, 6) is 0.382. The van der Waals surface area contributed by atoms with Crippen molar-refractivity contribution in [2.45, 2.75) is 6.42 Å². The largest absolute Gasteiger partial charge is 0.325 e. The molecule has 2 aromatic carbocycles. The van der Waals surface area contributed by atoms with Crippen LogP contribution < -0.4 is 4.90 Å². The van der Waals surface area contributed by atoms with Gasteiger partial charge in [-0.1, -0.05) is 17.7 Å². The third kappa shape index (κ3) is 2.55. The maximum atomic E-state index is 13.9. The average Bonchev–Trinajstić information content (AvgIpc) is 3.37. The summed E-state index contributed by atoms with van der Waals surface area (Å²) in [7, 11) is 0. The summed E-state index contributed by atoms with van der Waals surface area (Å²) in [6, 6.07) is 9.25. The van der Waals surface area contributed by atoms with Gasteiger partial charge in [0.05, 0.1) is 28.6 Å². The van der Waals surface area contributed by atoms with Crippen LogP contribution in [0.2, 0.25) is 5.02 Å². The second kappa shape index (κ2) is 6.47. The van der Waals surface area contributed by atoms with Gasteiger partial charge in [-0.15, -0.1) is 0 Å². The van der Waals surface area contributed by atoms with E-state index < -0.39 is 5.82 Å². The number of rotatable bonds is 2. The second-order valence-electron chi connectivity index (χ2n) is 7.17. The summed E-state index contributed by atoms with van der Waals surface area (Å²) < 4.78 is 15.9. The van der Waals surface area contributed by atoms with E-state index in [1.165, 1.54) is 6.07 Å². The van der Waals surface area contributed by atoms with Crippen LogP contribution in [0.25, 0.3) is 27.8 Å². The molecular weight excluding hydrogens is 403 g/mol. The van der Waals surface area contributed by atoms with Gasteiger partial charge in [-0.05, 0) is 36.2 Å². The molecule has 0 aliphatic carbocycles. The maximum absolute atomic E-state index is 13.9. The first-order chi connectivity index (χ1) is 14.7. The predicted molar refractivity (Wildman–Crippen MR) is 114 cm³/mol. The number of aromatic nitrogens is 5. The second-order valence-corrected chi connectivity index (χ2v) is 7.58. The fourth-order valence-electron chi connectivity index (χ4n) is 4.07. The first kappa shape index (κ1) is 17.3. The maximum Gasteiger partial charge on any atom is 0.155 e. The molecule has 3 aromatic heterocycles. The zero-order valence-electron chi connectivity index (χ0n) is 15.6. The lowest BCUT2D eigenvalue weighted by Gasteiger charge is -2.20. The third-order valence-electron chi connectivity index (χ3n) is 5.50. The van der Waals surface area contributed by atoms with E-state index in [1.807, 2.05) is 28.9 Å². The van der Waals surface area contributed by atoms with Crippen molar-refractivity contribution in [2.24, 2.45) is 0 Å². The van der Waals surface area contributed by atoms with Crippen LogP contribution in [0.1, 0.15) is 5.56 Å². The highest BCUT2D eigenvalue weighted by molar-refractivity contribution is 6.31. The number of hydrogen-bond acceptors (Lipinski definition) is 5. The SMILES string of the molecule is Fc1cc2c(cc1Cl)N(c1ncnc3ccc(-c4cnc5cnccn45)cc13)CC2. The zero-order chi connectivity index (χ0) is 20.2. The van der Waals surface area contributed by atoms with Crippen LogP contribution in [0, 0.1) is 5.82 Å². The molecule has 30 heavy (non-hydrogen) atoms. The minimum absolute atomic E-state index is 0.110. The van der Waals surface area contributed by atoms with Crippen molar-refractivity contribution in [1.82, 2.24) is 24.3 Å². The third-order valence-corrected chi connectivity index (χ3v) is 5.79. The Balaban J connectivity index is 1.54. The molecule has 0 N–H and O–H groups in total. The highest BCUT2D eigenvalue weighted by Crippen LogP contribution is 2.39. The molecule has 6 rings (SSSR count). The molecule has 0 saturated carbocycles. The van der Waals surface area contributed by atoms with Crippen LogP contribution in [0.5, 0.6) is 0 Å². The van der Waals surface area contributed by atoms with Crippen molar-refractivity contribution in [3.05, 3.63) is 77.8 Å². The van der Waals surface area contributed by atoms with Crippen LogP contribution in [-0.4, -0.2) is 30.9 Å². The summed E-state index contributed by atoms with van der Waals surface area (Å²) in [5.41, 5.74) is 5.37. The summed E-state index contributed by atoms with van der Waals surface area (Å²) in [6.45, 7) is 0.701. The van der Waals surface area contributed by atoms with E-state index in [0.717, 1.165) is 51.3 Å². The predicted octanol–water partition coefficient (Wildman–Crippen LogP) is 4.83. The van der Waals surface area contributed by atoms with Crippen molar-refractivity contribution < 1.29 is 4.39 Å². The fraction of sp³-hybridized carbons (Fsp3) is 0.0909. The van der Waals surface area contributed by atoms with Gasteiger partial charge in [0.2, 0.25) is 0 Å². The van der Waals surface area contributed by atoms with E-state index in [4.69, 9.17) is 11.6 Å². The molecule has 0 fully saturated rings. The van der Waals surface area contributed by atoms with E-state index in [2.05, 4.69) is 30.9 Å².